The Kier molecular flexibility index (Phi) is 6.13. The number of rotatable bonds is 5. The van der Waals surface area contributed by atoms with Gasteiger partial charge < -0.3 is 20.1 Å². The largest absolute Gasteiger partial charge is 0.493 e. The average Bonchev–Trinajstić information content (AvgIpc) is 2.56. The van der Waals surface area contributed by atoms with Crippen molar-refractivity contribution < 1.29 is 14.3 Å². The molecule has 1 saturated heterocycles. The van der Waals surface area contributed by atoms with Gasteiger partial charge in [-0.3, -0.25) is 4.79 Å². The van der Waals surface area contributed by atoms with E-state index in [9.17, 15) is 4.79 Å². The van der Waals surface area contributed by atoms with Crippen molar-refractivity contribution in [2.75, 3.05) is 26.8 Å². The second kappa shape index (κ2) is 7.88. The zero-order valence-electron chi connectivity index (χ0n) is 14.0. The molecule has 1 fully saturated rings. The van der Waals surface area contributed by atoms with Crippen LogP contribution in [0.5, 0.6) is 11.5 Å². The number of carbonyl (C=O) groups is 1. The van der Waals surface area contributed by atoms with E-state index in [-0.39, 0.29) is 11.9 Å². The monoisotopic (exact) mass is 340 g/mol. The van der Waals surface area contributed by atoms with Crippen molar-refractivity contribution in [1.82, 2.24) is 4.90 Å². The predicted molar refractivity (Wildman–Crippen MR) is 91.4 cm³/mol. The molecule has 0 aliphatic carbocycles. The Morgan fingerprint density at radius 2 is 2.26 bits per heavy atom. The van der Waals surface area contributed by atoms with E-state index in [2.05, 4.69) is 0 Å². The number of nitrogens with two attached hydrogens (primary N) is 1. The van der Waals surface area contributed by atoms with Crippen molar-refractivity contribution in [3.8, 4) is 11.5 Å². The molecule has 128 valence electrons. The topological polar surface area (TPSA) is 64.8 Å². The first kappa shape index (κ1) is 17.9. The minimum atomic E-state index is -0.0430. The normalized spacial score (nSPS) is 19.3. The first-order chi connectivity index (χ1) is 11.0. The Balaban J connectivity index is 2.23. The number of carbonyl (C=O) groups excluding carboxylic acids is 1. The standard InChI is InChI=1S/C17H25ClN2O3/c1-4-23-16-14(18)8-13(9-15(16)22-3)17(21)20-7-5-6-12(10-20)11(2)19/h8-9,11-12H,4-7,10,19H2,1-3H3. The van der Waals surface area contributed by atoms with Gasteiger partial charge in [0, 0.05) is 24.7 Å². The molecule has 1 amide bonds. The minimum Gasteiger partial charge on any atom is -0.493 e. The van der Waals surface area contributed by atoms with Crippen molar-refractivity contribution in [3.63, 3.8) is 0 Å². The second-order valence-electron chi connectivity index (χ2n) is 5.94. The number of nitrogens with zero attached hydrogens (tertiary/aromatic N) is 1. The van der Waals surface area contributed by atoms with Crippen molar-refractivity contribution in [2.45, 2.75) is 32.7 Å². The van der Waals surface area contributed by atoms with E-state index in [1.807, 2.05) is 18.7 Å². The van der Waals surface area contributed by atoms with E-state index in [1.54, 1.807) is 12.1 Å². The maximum Gasteiger partial charge on any atom is 0.254 e. The molecule has 1 heterocycles. The first-order valence-corrected chi connectivity index (χ1v) is 8.40. The van der Waals surface area contributed by atoms with Crippen LogP contribution >= 0.6 is 11.6 Å². The van der Waals surface area contributed by atoms with Gasteiger partial charge in [0.15, 0.2) is 11.5 Å². The van der Waals surface area contributed by atoms with E-state index < -0.39 is 0 Å². The maximum absolute atomic E-state index is 12.8. The molecular formula is C17H25ClN2O3. The van der Waals surface area contributed by atoms with Crippen LogP contribution in [0.2, 0.25) is 5.02 Å². The summed E-state index contributed by atoms with van der Waals surface area (Å²) >= 11 is 6.26. The third-order valence-corrected chi connectivity index (χ3v) is 4.53. The van der Waals surface area contributed by atoms with Crippen LogP contribution in [0.1, 0.15) is 37.0 Å². The third kappa shape index (κ3) is 4.09. The quantitative estimate of drug-likeness (QED) is 0.895. The lowest BCUT2D eigenvalue weighted by Gasteiger charge is -2.34. The molecule has 0 spiro atoms. The van der Waals surface area contributed by atoms with Crippen LogP contribution in [-0.2, 0) is 0 Å². The number of hydrogen-bond acceptors (Lipinski definition) is 4. The molecule has 23 heavy (non-hydrogen) atoms. The van der Waals surface area contributed by atoms with Gasteiger partial charge in [0.1, 0.15) is 0 Å². The maximum atomic E-state index is 12.8. The Morgan fingerprint density at radius 1 is 1.52 bits per heavy atom. The van der Waals surface area contributed by atoms with Crippen LogP contribution in [0.25, 0.3) is 0 Å². The van der Waals surface area contributed by atoms with Gasteiger partial charge in [-0.25, -0.2) is 0 Å². The molecule has 6 heteroatoms. The number of amides is 1. The molecule has 1 aliphatic rings. The summed E-state index contributed by atoms with van der Waals surface area (Å²) in [5.41, 5.74) is 6.51. The van der Waals surface area contributed by atoms with E-state index in [0.29, 0.717) is 41.2 Å². The first-order valence-electron chi connectivity index (χ1n) is 8.03. The lowest BCUT2D eigenvalue weighted by molar-refractivity contribution is 0.0660. The highest BCUT2D eigenvalue weighted by Crippen LogP contribution is 2.37. The molecule has 0 bridgehead atoms. The average molecular weight is 341 g/mol. The van der Waals surface area contributed by atoms with E-state index >= 15 is 0 Å². The van der Waals surface area contributed by atoms with Gasteiger partial charge in [-0.2, -0.15) is 0 Å². The molecule has 2 unspecified atom stereocenters. The highest BCUT2D eigenvalue weighted by Gasteiger charge is 2.27. The fraction of sp³-hybridized carbons (Fsp3) is 0.588. The molecule has 1 aromatic carbocycles. The van der Waals surface area contributed by atoms with Crippen molar-refractivity contribution >= 4 is 17.5 Å². The Labute approximate surface area is 142 Å². The van der Waals surface area contributed by atoms with E-state index in [4.69, 9.17) is 26.8 Å². The van der Waals surface area contributed by atoms with Gasteiger partial charge in [-0.1, -0.05) is 11.6 Å². The summed E-state index contributed by atoms with van der Waals surface area (Å²) in [6.45, 7) is 5.77. The fourth-order valence-electron chi connectivity index (χ4n) is 2.93. The Bertz CT molecular complexity index is 563. The van der Waals surface area contributed by atoms with Gasteiger partial charge >= 0.3 is 0 Å². The molecule has 0 saturated carbocycles. The molecule has 0 radical (unpaired) electrons. The molecule has 2 rings (SSSR count). The number of ether oxygens (including phenoxy) is 2. The van der Waals surface area contributed by atoms with Crippen molar-refractivity contribution in [3.05, 3.63) is 22.7 Å². The number of hydrogen-bond donors (Lipinski definition) is 1. The number of likely N-dealkylation sites (tertiary alicyclic amines) is 1. The Hall–Kier alpha value is -1.46. The van der Waals surface area contributed by atoms with Crippen LogP contribution in [0, 0.1) is 5.92 Å². The van der Waals surface area contributed by atoms with Crippen LogP contribution in [0.4, 0.5) is 0 Å². The minimum absolute atomic E-state index is 0.0430. The fourth-order valence-corrected chi connectivity index (χ4v) is 3.20. The summed E-state index contributed by atoms with van der Waals surface area (Å²) in [7, 11) is 1.54. The Morgan fingerprint density at radius 3 is 2.87 bits per heavy atom. The molecule has 0 aromatic heterocycles. The van der Waals surface area contributed by atoms with Crippen LogP contribution in [0.3, 0.4) is 0 Å². The predicted octanol–water partition coefficient (Wildman–Crippen LogP) is 2.95. The summed E-state index contributed by atoms with van der Waals surface area (Å²) in [6, 6.07) is 3.42. The molecule has 2 N–H and O–H groups in total. The summed E-state index contributed by atoms with van der Waals surface area (Å²) < 4.78 is 10.8. The van der Waals surface area contributed by atoms with Gasteiger partial charge in [-0.05, 0) is 44.7 Å². The lowest BCUT2D eigenvalue weighted by atomic mass is 9.92. The van der Waals surface area contributed by atoms with Crippen LogP contribution in [0.15, 0.2) is 12.1 Å². The number of benzene rings is 1. The number of piperidine rings is 1. The van der Waals surface area contributed by atoms with E-state index in [1.165, 1.54) is 7.11 Å². The summed E-state index contributed by atoms with van der Waals surface area (Å²) in [5, 5.41) is 0.385. The van der Waals surface area contributed by atoms with Crippen molar-refractivity contribution in [1.29, 1.82) is 0 Å². The highest BCUT2D eigenvalue weighted by molar-refractivity contribution is 6.32. The molecule has 5 nitrogen and oxygen atoms in total. The van der Waals surface area contributed by atoms with Gasteiger partial charge in [0.25, 0.3) is 5.91 Å². The second-order valence-corrected chi connectivity index (χ2v) is 6.34. The third-order valence-electron chi connectivity index (χ3n) is 4.25. The van der Waals surface area contributed by atoms with Crippen LogP contribution in [-0.4, -0.2) is 43.7 Å². The van der Waals surface area contributed by atoms with Crippen molar-refractivity contribution in [2.24, 2.45) is 11.7 Å². The number of methoxy groups -OCH3 is 1. The molecule has 2 atom stereocenters. The highest BCUT2D eigenvalue weighted by atomic mass is 35.5. The summed E-state index contributed by atoms with van der Waals surface area (Å²) in [5.74, 6) is 1.25. The van der Waals surface area contributed by atoms with E-state index in [0.717, 1.165) is 19.4 Å². The smallest absolute Gasteiger partial charge is 0.254 e. The van der Waals surface area contributed by atoms with Crippen LogP contribution < -0.4 is 15.2 Å². The van der Waals surface area contributed by atoms with Gasteiger partial charge in [-0.15, -0.1) is 0 Å². The zero-order valence-corrected chi connectivity index (χ0v) is 14.7. The molecule has 1 aromatic rings. The van der Waals surface area contributed by atoms with Gasteiger partial charge in [0.05, 0.1) is 18.7 Å². The summed E-state index contributed by atoms with van der Waals surface area (Å²) in [6.07, 6.45) is 2.04. The SMILES string of the molecule is CCOc1c(Cl)cc(C(=O)N2CCCC(C(C)N)C2)cc1OC. The van der Waals surface area contributed by atoms with Gasteiger partial charge in [0.2, 0.25) is 0 Å². The lowest BCUT2D eigenvalue weighted by Crippen LogP contribution is -2.45. The molecule has 1 aliphatic heterocycles. The zero-order chi connectivity index (χ0) is 17.0. The molecular weight excluding hydrogens is 316 g/mol. The number of halogens is 1. The summed E-state index contributed by atoms with van der Waals surface area (Å²) in [4.78, 5) is 14.6.